The van der Waals surface area contributed by atoms with Crippen LogP contribution in [0.2, 0.25) is 0 Å². The van der Waals surface area contributed by atoms with Gasteiger partial charge >= 0.3 is 0 Å². The highest BCUT2D eigenvalue weighted by Crippen LogP contribution is 2.11. The van der Waals surface area contributed by atoms with Crippen molar-refractivity contribution >= 4 is 11.6 Å². The number of hydrogen-bond donors (Lipinski definition) is 1. The molecule has 1 aliphatic rings. The highest BCUT2D eigenvalue weighted by Gasteiger charge is 2.12. The van der Waals surface area contributed by atoms with Crippen LogP contribution in [0.15, 0.2) is 24.3 Å². The second kappa shape index (κ2) is 6.55. The third-order valence-corrected chi connectivity index (χ3v) is 3.37. The van der Waals surface area contributed by atoms with Crippen LogP contribution >= 0.6 is 0 Å². The fourth-order valence-corrected chi connectivity index (χ4v) is 2.42. The first-order valence-electron chi connectivity index (χ1n) is 6.83. The third kappa shape index (κ3) is 4.15. The van der Waals surface area contributed by atoms with Gasteiger partial charge in [-0.25, -0.2) is 0 Å². The van der Waals surface area contributed by atoms with E-state index in [1.165, 1.54) is 31.2 Å². The summed E-state index contributed by atoms with van der Waals surface area (Å²) in [5.41, 5.74) is 2.07. The molecule has 1 aliphatic heterocycles. The molecule has 0 saturated carbocycles. The predicted octanol–water partition coefficient (Wildman–Crippen LogP) is 2.81. The lowest BCUT2D eigenvalue weighted by Crippen LogP contribution is -2.33. The molecule has 1 heterocycles. The molecule has 98 valence electrons. The van der Waals surface area contributed by atoms with E-state index >= 15 is 0 Å². The minimum absolute atomic E-state index is 0.0995. The Morgan fingerprint density at radius 2 is 1.94 bits per heavy atom. The summed E-state index contributed by atoms with van der Waals surface area (Å²) in [7, 11) is 0. The zero-order chi connectivity index (χ0) is 12.8. The number of amides is 1. The quantitative estimate of drug-likeness (QED) is 0.889. The molecule has 0 spiro atoms. The maximum Gasteiger partial charge on any atom is 0.238 e. The molecule has 0 unspecified atom stereocenters. The summed E-state index contributed by atoms with van der Waals surface area (Å²) in [6, 6.07) is 7.94. The van der Waals surface area contributed by atoms with Crippen LogP contribution in [0.25, 0.3) is 0 Å². The summed E-state index contributed by atoms with van der Waals surface area (Å²) >= 11 is 0. The van der Waals surface area contributed by atoms with Gasteiger partial charge in [0.1, 0.15) is 0 Å². The van der Waals surface area contributed by atoms with Gasteiger partial charge in [-0.05, 0) is 50.6 Å². The fourth-order valence-electron chi connectivity index (χ4n) is 2.42. The Morgan fingerprint density at radius 1 is 1.22 bits per heavy atom. The van der Waals surface area contributed by atoms with E-state index in [9.17, 15) is 4.79 Å². The van der Waals surface area contributed by atoms with Crippen molar-refractivity contribution in [2.24, 2.45) is 0 Å². The smallest absolute Gasteiger partial charge is 0.238 e. The van der Waals surface area contributed by atoms with Crippen molar-refractivity contribution < 1.29 is 4.79 Å². The van der Waals surface area contributed by atoms with E-state index in [0.29, 0.717) is 6.54 Å². The number of nitrogens with one attached hydrogen (secondary N) is 1. The van der Waals surface area contributed by atoms with Gasteiger partial charge in [0.15, 0.2) is 0 Å². The lowest BCUT2D eigenvalue weighted by molar-refractivity contribution is -0.117. The molecule has 3 nitrogen and oxygen atoms in total. The van der Waals surface area contributed by atoms with Gasteiger partial charge < -0.3 is 5.32 Å². The molecule has 1 amide bonds. The monoisotopic (exact) mass is 246 g/mol. The Labute approximate surface area is 109 Å². The first kappa shape index (κ1) is 13.1. The molecular weight excluding hydrogens is 224 g/mol. The Kier molecular flexibility index (Phi) is 4.76. The summed E-state index contributed by atoms with van der Waals surface area (Å²) < 4.78 is 0. The van der Waals surface area contributed by atoms with Gasteiger partial charge in [-0.15, -0.1) is 0 Å². The van der Waals surface area contributed by atoms with Crippen molar-refractivity contribution in [2.75, 3.05) is 25.0 Å². The van der Waals surface area contributed by atoms with Crippen LogP contribution in [0.3, 0.4) is 0 Å². The number of carbonyl (C=O) groups excluding carboxylic acids is 1. The van der Waals surface area contributed by atoms with E-state index in [0.717, 1.165) is 18.8 Å². The molecule has 0 radical (unpaired) electrons. The van der Waals surface area contributed by atoms with Gasteiger partial charge in [0.25, 0.3) is 0 Å². The number of anilines is 1. The Morgan fingerprint density at radius 3 is 2.61 bits per heavy atom. The van der Waals surface area contributed by atoms with Crippen LogP contribution in [0.5, 0.6) is 0 Å². The summed E-state index contributed by atoms with van der Waals surface area (Å²) in [5.74, 6) is 0.0995. The predicted molar refractivity (Wildman–Crippen MR) is 74.7 cm³/mol. The molecule has 0 aliphatic carbocycles. The summed E-state index contributed by atoms with van der Waals surface area (Å²) in [6.07, 6.45) is 5.04. The van der Waals surface area contributed by atoms with Gasteiger partial charge in [-0.2, -0.15) is 0 Å². The molecule has 0 bridgehead atoms. The second-order valence-corrected chi connectivity index (χ2v) is 5.11. The standard InChI is InChI=1S/C15H22N2O/c1-13-7-6-8-14(11-13)16-15(18)12-17-9-4-2-3-5-10-17/h6-8,11H,2-5,9-10,12H2,1H3,(H,16,18). The lowest BCUT2D eigenvalue weighted by atomic mass is 10.2. The summed E-state index contributed by atoms with van der Waals surface area (Å²) in [5, 5.41) is 2.97. The van der Waals surface area contributed by atoms with Crippen molar-refractivity contribution in [1.82, 2.24) is 4.90 Å². The maximum absolute atomic E-state index is 12.0. The Balaban J connectivity index is 1.84. The SMILES string of the molecule is Cc1cccc(NC(=O)CN2CCCCCC2)c1. The Bertz CT molecular complexity index is 395. The first-order chi connectivity index (χ1) is 8.74. The third-order valence-electron chi connectivity index (χ3n) is 3.37. The number of rotatable bonds is 3. The molecule has 1 aromatic rings. The maximum atomic E-state index is 12.0. The van der Waals surface area contributed by atoms with E-state index in [4.69, 9.17) is 0 Å². The van der Waals surface area contributed by atoms with E-state index in [-0.39, 0.29) is 5.91 Å². The Hall–Kier alpha value is -1.35. The molecule has 3 heteroatoms. The van der Waals surface area contributed by atoms with Crippen LogP contribution in [0, 0.1) is 6.92 Å². The van der Waals surface area contributed by atoms with Crippen molar-refractivity contribution in [3.05, 3.63) is 29.8 Å². The minimum atomic E-state index is 0.0995. The zero-order valence-electron chi connectivity index (χ0n) is 11.1. The number of hydrogen-bond acceptors (Lipinski definition) is 2. The van der Waals surface area contributed by atoms with Crippen molar-refractivity contribution in [1.29, 1.82) is 0 Å². The van der Waals surface area contributed by atoms with E-state index < -0.39 is 0 Å². The van der Waals surface area contributed by atoms with Crippen molar-refractivity contribution in [3.63, 3.8) is 0 Å². The molecular formula is C15H22N2O. The van der Waals surface area contributed by atoms with E-state index in [1.54, 1.807) is 0 Å². The number of aryl methyl sites for hydroxylation is 1. The van der Waals surface area contributed by atoms with Crippen molar-refractivity contribution in [3.8, 4) is 0 Å². The van der Waals surface area contributed by atoms with Crippen LogP contribution in [0.1, 0.15) is 31.2 Å². The molecule has 1 fully saturated rings. The van der Waals surface area contributed by atoms with Crippen LogP contribution in [-0.4, -0.2) is 30.4 Å². The molecule has 2 rings (SSSR count). The minimum Gasteiger partial charge on any atom is -0.325 e. The number of likely N-dealkylation sites (tertiary alicyclic amines) is 1. The topological polar surface area (TPSA) is 32.3 Å². The molecule has 1 N–H and O–H groups in total. The molecule has 0 atom stereocenters. The first-order valence-corrected chi connectivity index (χ1v) is 6.83. The second-order valence-electron chi connectivity index (χ2n) is 5.11. The van der Waals surface area contributed by atoms with Gasteiger partial charge in [0.05, 0.1) is 6.54 Å². The highest BCUT2D eigenvalue weighted by atomic mass is 16.2. The molecule has 18 heavy (non-hydrogen) atoms. The number of nitrogens with zero attached hydrogens (tertiary/aromatic N) is 1. The van der Waals surface area contributed by atoms with Crippen LogP contribution in [-0.2, 0) is 4.79 Å². The molecule has 1 saturated heterocycles. The normalized spacial score (nSPS) is 17.2. The largest absolute Gasteiger partial charge is 0.325 e. The van der Waals surface area contributed by atoms with E-state index in [1.807, 2.05) is 31.2 Å². The van der Waals surface area contributed by atoms with Crippen molar-refractivity contribution in [2.45, 2.75) is 32.6 Å². The van der Waals surface area contributed by atoms with Gasteiger partial charge in [-0.1, -0.05) is 25.0 Å². The highest BCUT2D eigenvalue weighted by molar-refractivity contribution is 5.92. The van der Waals surface area contributed by atoms with Crippen LogP contribution < -0.4 is 5.32 Å². The molecule has 0 aromatic heterocycles. The van der Waals surface area contributed by atoms with Gasteiger partial charge in [0.2, 0.25) is 5.91 Å². The van der Waals surface area contributed by atoms with Gasteiger partial charge in [-0.3, -0.25) is 9.69 Å². The van der Waals surface area contributed by atoms with Crippen LogP contribution in [0.4, 0.5) is 5.69 Å². The van der Waals surface area contributed by atoms with E-state index in [2.05, 4.69) is 10.2 Å². The summed E-state index contributed by atoms with van der Waals surface area (Å²) in [4.78, 5) is 14.2. The average molecular weight is 246 g/mol. The molecule has 1 aromatic carbocycles. The fraction of sp³-hybridized carbons (Fsp3) is 0.533. The number of benzene rings is 1. The lowest BCUT2D eigenvalue weighted by Gasteiger charge is -2.19. The average Bonchev–Trinajstić information content (AvgIpc) is 2.57. The van der Waals surface area contributed by atoms with Gasteiger partial charge in [0, 0.05) is 5.69 Å². The summed E-state index contributed by atoms with van der Waals surface area (Å²) in [6.45, 7) is 4.67. The number of carbonyl (C=O) groups is 1. The zero-order valence-corrected chi connectivity index (χ0v) is 11.1.